The van der Waals surface area contributed by atoms with Crippen molar-refractivity contribution < 1.29 is 4.74 Å². The van der Waals surface area contributed by atoms with E-state index in [1.54, 1.807) is 7.11 Å². The number of likely N-dealkylation sites (N-methyl/N-ethyl adjacent to an activating group) is 1. The summed E-state index contributed by atoms with van der Waals surface area (Å²) in [6.45, 7) is 7.28. The molecule has 19 heavy (non-hydrogen) atoms. The molecule has 1 aliphatic rings. The maximum atomic E-state index is 9.44. The zero-order valence-corrected chi connectivity index (χ0v) is 11.7. The predicted molar refractivity (Wildman–Crippen MR) is 75.0 cm³/mol. The topological polar surface area (TPSA) is 39.5 Å². The third-order valence-electron chi connectivity index (χ3n) is 3.77. The third kappa shape index (κ3) is 3.25. The third-order valence-corrected chi connectivity index (χ3v) is 3.77. The van der Waals surface area contributed by atoms with Gasteiger partial charge in [0.2, 0.25) is 0 Å². The molecule has 0 radical (unpaired) electrons. The number of nitriles is 1. The van der Waals surface area contributed by atoms with Crippen LogP contribution in [0.25, 0.3) is 0 Å². The average molecular weight is 259 g/mol. The van der Waals surface area contributed by atoms with Crippen LogP contribution in [0.4, 0.5) is 0 Å². The van der Waals surface area contributed by atoms with E-state index in [2.05, 4.69) is 22.8 Å². The molecule has 0 spiro atoms. The molecule has 1 fully saturated rings. The fourth-order valence-electron chi connectivity index (χ4n) is 2.49. The first-order chi connectivity index (χ1) is 9.28. The molecule has 1 unspecified atom stereocenters. The minimum atomic E-state index is -0.148. The van der Waals surface area contributed by atoms with Gasteiger partial charge < -0.3 is 9.64 Å². The van der Waals surface area contributed by atoms with E-state index in [0.717, 1.165) is 44.0 Å². The Morgan fingerprint density at radius 2 is 1.84 bits per heavy atom. The Bertz CT molecular complexity index is 430. The lowest BCUT2D eigenvalue weighted by atomic mass is 10.1. The van der Waals surface area contributed by atoms with E-state index in [4.69, 9.17) is 4.74 Å². The molecule has 1 atom stereocenters. The van der Waals surface area contributed by atoms with Crippen LogP contribution in [0, 0.1) is 11.3 Å². The number of piperazine rings is 1. The highest BCUT2D eigenvalue weighted by atomic mass is 16.5. The molecule has 0 amide bonds. The number of nitrogens with zero attached hydrogens (tertiary/aromatic N) is 3. The molecule has 1 aliphatic heterocycles. The van der Waals surface area contributed by atoms with Crippen LogP contribution in [0.5, 0.6) is 5.75 Å². The van der Waals surface area contributed by atoms with Gasteiger partial charge in [0.05, 0.1) is 13.2 Å². The molecule has 2 rings (SSSR count). The summed E-state index contributed by atoms with van der Waals surface area (Å²) < 4.78 is 5.15. The molecule has 1 aromatic rings. The van der Waals surface area contributed by atoms with Crippen LogP contribution in [0.15, 0.2) is 24.3 Å². The van der Waals surface area contributed by atoms with Gasteiger partial charge in [0.15, 0.2) is 0 Å². The molecule has 1 saturated heterocycles. The molecule has 0 aliphatic carbocycles. The smallest absolute Gasteiger partial charge is 0.123 e. The van der Waals surface area contributed by atoms with Crippen LogP contribution in [-0.2, 0) is 0 Å². The quantitative estimate of drug-likeness (QED) is 0.828. The lowest BCUT2D eigenvalue weighted by Crippen LogP contribution is -2.47. The van der Waals surface area contributed by atoms with Gasteiger partial charge in [-0.05, 0) is 24.2 Å². The molecular weight excluding hydrogens is 238 g/mol. The van der Waals surface area contributed by atoms with Gasteiger partial charge in [-0.2, -0.15) is 5.26 Å². The summed E-state index contributed by atoms with van der Waals surface area (Å²) in [6.07, 6.45) is 0. The van der Waals surface area contributed by atoms with Crippen molar-refractivity contribution in [2.24, 2.45) is 0 Å². The van der Waals surface area contributed by atoms with Crippen molar-refractivity contribution in [2.75, 3.05) is 39.8 Å². The van der Waals surface area contributed by atoms with Crippen LogP contribution in [0.1, 0.15) is 18.5 Å². The van der Waals surface area contributed by atoms with Crippen LogP contribution < -0.4 is 4.74 Å². The Hall–Kier alpha value is -1.57. The van der Waals surface area contributed by atoms with Crippen LogP contribution in [0.2, 0.25) is 0 Å². The van der Waals surface area contributed by atoms with E-state index in [0.29, 0.717) is 0 Å². The summed E-state index contributed by atoms with van der Waals surface area (Å²) in [5.41, 5.74) is 1.05. The van der Waals surface area contributed by atoms with Crippen molar-refractivity contribution in [1.29, 1.82) is 5.26 Å². The van der Waals surface area contributed by atoms with Gasteiger partial charge in [-0.15, -0.1) is 0 Å². The second kappa shape index (κ2) is 6.55. The van der Waals surface area contributed by atoms with Gasteiger partial charge in [0.1, 0.15) is 11.8 Å². The largest absolute Gasteiger partial charge is 0.497 e. The maximum Gasteiger partial charge on any atom is 0.123 e. The van der Waals surface area contributed by atoms with Crippen LogP contribution >= 0.6 is 0 Å². The van der Waals surface area contributed by atoms with Crippen molar-refractivity contribution in [2.45, 2.75) is 13.0 Å². The zero-order valence-electron chi connectivity index (χ0n) is 11.7. The fourth-order valence-corrected chi connectivity index (χ4v) is 2.49. The molecule has 102 valence electrons. The molecule has 0 aromatic heterocycles. The van der Waals surface area contributed by atoms with Gasteiger partial charge in [0, 0.05) is 26.2 Å². The summed E-state index contributed by atoms with van der Waals surface area (Å²) >= 11 is 0. The van der Waals surface area contributed by atoms with Gasteiger partial charge in [-0.25, -0.2) is 0 Å². The minimum absolute atomic E-state index is 0.148. The van der Waals surface area contributed by atoms with E-state index < -0.39 is 0 Å². The normalized spacial score (nSPS) is 18.8. The number of rotatable bonds is 4. The Morgan fingerprint density at radius 3 is 2.32 bits per heavy atom. The zero-order chi connectivity index (χ0) is 13.7. The number of hydrogen-bond donors (Lipinski definition) is 0. The Kier molecular flexibility index (Phi) is 4.78. The summed E-state index contributed by atoms with van der Waals surface area (Å²) in [7, 11) is 1.65. The van der Waals surface area contributed by atoms with E-state index in [1.165, 1.54) is 0 Å². The first-order valence-corrected chi connectivity index (χ1v) is 6.78. The number of benzene rings is 1. The van der Waals surface area contributed by atoms with Crippen molar-refractivity contribution in [3.63, 3.8) is 0 Å². The summed E-state index contributed by atoms with van der Waals surface area (Å²) in [5, 5.41) is 9.44. The van der Waals surface area contributed by atoms with E-state index in [9.17, 15) is 5.26 Å². The molecule has 1 aromatic carbocycles. The highest BCUT2D eigenvalue weighted by Crippen LogP contribution is 2.23. The molecule has 4 nitrogen and oxygen atoms in total. The summed E-state index contributed by atoms with van der Waals surface area (Å²) in [5.74, 6) is 0.830. The molecule has 0 saturated carbocycles. The maximum absolute atomic E-state index is 9.44. The lowest BCUT2D eigenvalue weighted by Gasteiger charge is -2.36. The Balaban J connectivity index is 2.05. The average Bonchev–Trinajstić information content (AvgIpc) is 2.49. The van der Waals surface area contributed by atoms with Gasteiger partial charge in [-0.3, -0.25) is 4.90 Å². The van der Waals surface area contributed by atoms with Crippen LogP contribution in [0.3, 0.4) is 0 Å². The SMILES string of the molecule is CCN1CCN(C(C#N)c2ccc(OC)cc2)CC1. The number of ether oxygens (including phenoxy) is 1. The van der Waals surface area contributed by atoms with E-state index >= 15 is 0 Å². The Morgan fingerprint density at radius 1 is 1.21 bits per heavy atom. The van der Waals surface area contributed by atoms with Crippen molar-refractivity contribution >= 4 is 0 Å². The molecule has 0 N–H and O–H groups in total. The molecule has 1 heterocycles. The van der Waals surface area contributed by atoms with Gasteiger partial charge in [0.25, 0.3) is 0 Å². The molecule has 4 heteroatoms. The second-order valence-electron chi connectivity index (χ2n) is 4.78. The molecule has 0 bridgehead atoms. The monoisotopic (exact) mass is 259 g/mol. The minimum Gasteiger partial charge on any atom is -0.497 e. The first kappa shape index (κ1) is 13.9. The summed E-state index contributed by atoms with van der Waals surface area (Å²) in [4.78, 5) is 4.67. The lowest BCUT2D eigenvalue weighted by molar-refractivity contribution is 0.118. The summed E-state index contributed by atoms with van der Waals surface area (Å²) in [6, 6.07) is 10.1. The van der Waals surface area contributed by atoms with Gasteiger partial charge >= 0.3 is 0 Å². The van der Waals surface area contributed by atoms with E-state index in [-0.39, 0.29) is 6.04 Å². The highest BCUT2D eigenvalue weighted by molar-refractivity contribution is 5.31. The second-order valence-corrected chi connectivity index (χ2v) is 4.78. The van der Waals surface area contributed by atoms with Gasteiger partial charge in [-0.1, -0.05) is 19.1 Å². The fraction of sp³-hybridized carbons (Fsp3) is 0.533. The highest BCUT2D eigenvalue weighted by Gasteiger charge is 2.24. The number of methoxy groups -OCH3 is 1. The number of hydrogen-bond acceptors (Lipinski definition) is 4. The first-order valence-electron chi connectivity index (χ1n) is 6.78. The predicted octanol–water partition coefficient (Wildman–Crippen LogP) is 1.90. The standard InChI is InChI=1S/C15H21N3O/c1-3-17-8-10-18(11-9-17)15(12-16)13-4-6-14(19-2)7-5-13/h4-7,15H,3,8-11H2,1-2H3. The van der Waals surface area contributed by atoms with Crippen molar-refractivity contribution in [3.8, 4) is 11.8 Å². The molecular formula is C15H21N3O. The van der Waals surface area contributed by atoms with E-state index in [1.807, 2.05) is 24.3 Å². The Labute approximate surface area is 115 Å². The van der Waals surface area contributed by atoms with Crippen LogP contribution in [-0.4, -0.2) is 49.6 Å². The van der Waals surface area contributed by atoms with Crippen molar-refractivity contribution in [1.82, 2.24) is 9.80 Å². The van der Waals surface area contributed by atoms with Crippen molar-refractivity contribution in [3.05, 3.63) is 29.8 Å².